The number of ether oxygens (including phenoxy) is 1. The van der Waals surface area contributed by atoms with E-state index < -0.39 is 0 Å². The Balaban J connectivity index is 2.64. The summed E-state index contributed by atoms with van der Waals surface area (Å²) in [5.74, 6) is 0.636. The summed E-state index contributed by atoms with van der Waals surface area (Å²) < 4.78 is 5.28. The van der Waals surface area contributed by atoms with Crippen molar-refractivity contribution in [1.29, 1.82) is 0 Å². The Labute approximate surface area is 80.2 Å². The summed E-state index contributed by atoms with van der Waals surface area (Å²) >= 11 is 11.8. The zero-order valence-electron chi connectivity index (χ0n) is 6.18. The molecular formula is C8H7Cl2NO. The van der Waals surface area contributed by atoms with Crippen molar-refractivity contribution in [3.8, 4) is 5.75 Å². The third kappa shape index (κ3) is 1.07. The van der Waals surface area contributed by atoms with E-state index in [4.69, 9.17) is 33.7 Å². The maximum absolute atomic E-state index is 5.92. The number of rotatable bonds is 0. The highest BCUT2D eigenvalue weighted by atomic mass is 35.5. The lowest BCUT2D eigenvalue weighted by Gasteiger charge is -2.04. The van der Waals surface area contributed by atoms with Crippen molar-refractivity contribution in [1.82, 2.24) is 0 Å². The van der Waals surface area contributed by atoms with Gasteiger partial charge in [0.2, 0.25) is 0 Å². The molecule has 0 spiro atoms. The zero-order valence-corrected chi connectivity index (χ0v) is 7.69. The van der Waals surface area contributed by atoms with Crippen molar-refractivity contribution in [2.24, 2.45) is 5.73 Å². The van der Waals surface area contributed by atoms with Gasteiger partial charge in [0.25, 0.3) is 0 Å². The molecular weight excluding hydrogens is 197 g/mol. The molecule has 2 rings (SSSR count). The number of nitrogens with two attached hydrogens (primary N) is 1. The fourth-order valence-corrected chi connectivity index (χ4v) is 1.81. The van der Waals surface area contributed by atoms with Gasteiger partial charge in [-0.1, -0.05) is 23.2 Å². The van der Waals surface area contributed by atoms with Crippen LogP contribution in [0.3, 0.4) is 0 Å². The molecule has 64 valence electrons. The molecule has 2 nitrogen and oxygen atoms in total. The summed E-state index contributed by atoms with van der Waals surface area (Å²) in [5, 5.41) is 1.20. The first-order valence-electron chi connectivity index (χ1n) is 3.56. The molecule has 0 amide bonds. The Kier molecular flexibility index (Phi) is 1.91. The van der Waals surface area contributed by atoms with Gasteiger partial charge in [0.05, 0.1) is 11.1 Å². The largest absolute Gasteiger partial charge is 0.490 e. The van der Waals surface area contributed by atoms with E-state index in [1.54, 1.807) is 12.1 Å². The molecule has 2 N–H and O–H groups in total. The SMILES string of the molecule is NC1COc2c(Cl)ccc(Cl)c21. The first-order chi connectivity index (χ1) is 5.70. The summed E-state index contributed by atoms with van der Waals surface area (Å²) in [6, 6.07) is 3.30. The summed E-state index contributed by atoms with van der Waals surface area (Å²) in [4.78, 5) is 0. The van der Waals surface area contributed by atoms with Gasteiger partial charge in [0, 0.05) is 10.6 Å². The maximum atomic E-state index is 5.92. The minimum absolute atomic E-state index is 0.147. The monoisotopic (exact) mass is 203 g/mol. The topological polar surface area (TPSA) is 35.2 Å². The predicted octanol–water partition coefficient (Wildman–Crippen LogP) is 2.39. The molecule has 12 heavy (non-hydrogen) atoms. The van der Waals surface area contributed by atoms with E-state index in [2.05, 4.69) is 0 Å². The van der Waals surface area contributed by atoms with Crippen LogP contribution in [0.2, 0.25) is 10.0 Å². The Morgan fingerprint density at radius 3 is 2.67 bits per heavy atom. The molecule has 0 radical (unpaired) electrons. The van der Waals surface area contributed by atoms with Crippen LogP contribution in [0, 0.1) is 0 Å². The second-order valence-electron chi connectivity index (χ2n) is 2.69. The molecule has 1 aromatic carbocycles. The molecule has 0 aromatic heterocycles. The molecule has 1 aliphatic heterocycles. The van der Waals surface area contributed by atoms with Gasteiger partial charge >= 0.3 is 0 Å². The second-order valence-corrected chi connectivity index (χ2v) is 3.50. The number of benzene rings is 1. The van der Waals surface area contributed by atoms with E-state index >= 15 is 0 Å². The van der Waals surface area contributed by atoms with Gasteiger partial charge in [0.15, 0.2) is 0 Å². The van der Waals surface area contributed by atoms with Crippen LogP contribution >= 0.6 is 23.2 Å². The fourth-order valence-electron chi connectivity index (χ4n) is 1.30. The summed E-state index contributed by atoms with van der Waals surface area (Å²) in [7, 11) is 0. The van der Waals surface area contributed by atoms with Crippen LogP contribution in [0.5, 0.6) is 5.75 Å². The maximum Gasteiger partial charge on any atom is 0.144 e. The highest BCUT2D eigenvalue weighted by molar-refractivity contribution is 6.35. The average Bonchev–Trinajstić information content (AvgIpc) is 2.42. The average molecular weight is 204 g/mol. The molecule has 0 saturated heterocycles. The molecule has 1 aromatic rings. The second kappa shape index (κ2) is 2.80. The van der Waals surface area contributed by atoms with Crippen LogP contribution in [0.15, 0.2) is 12.1 Å². The molecule has 1 unspecified atom stereocenters. The molecule has 4 heteroatoms. The minimum atomic E-state index is -0.147. The Morgan fingerprint density at radius 1 is 1.33 bits per heavy atom. The highest BCUT2D eigenvalue weighted by Gasteiger charge is 2.25. The van der Waals surface area contributed by atoms with Crippen molar-refractivity contribution in [3.63, 3.8) is 0 Å². The van der Waals surface area contributed by atoms with Gasteiger partial charge in [-0.05, 0) is 12.1 Å². The van der Waals surface area contributed by atoms with Gasteiger partial charge < -0.3 is 10.5 Å². The van der Waals surface area contributed by atoms with Gasteiger partial charge in [-0.2, -0.15) is 0 Å². The van der Waals surface area contributed by atoms with Crippen LogP contribution in [-0.4, -0.2) is 6.61 Å². The van der Waals surface area contributed by atoms with Crippen molar-refractivity contribution in [2.75, 3.05) is 6.61 Å². The van der Waals surface area contributed by atoms with Gasteiger partial charge in [-0.3, -0.25) is 0 Å². The van der Waals surface area contributed by atoms with Gasteiger partial charge in [0.1, 0.15) is 12.4 Å². The molecule has 1 atom stereocenters. The lowest BCUT2D eigenvalue weighted by atomic mass is 10.1. The molecule has 0 fully saturated rings. The smallest absolute Gasteiger partial charge is 0.144 e. The van der Waals surface area contributed by atoms with E-state index in [-0.39, 0.29) is 6.04 Å². The lowest BCUT2D eigenvalue weighted by molar-refractivity contribution is 0.333. The van der Waals surface area contributed by atoms with Crippen LogP contribution in [0.4, 0.5) is 0 Å². The van der Waals surface area contributed by atoms with Crippen LogP contribution in [0.25, 0.3) is 0 Å². The third-order valence-electron chi connectivity index (χ3n) is 1.87. The van der Waals surface area contributed by atoms with E-state index in [9.17, 15) is 0 Å². The fraction of sp³-hybridized carbons (Fsp3) is 0.250. The van der Waals surface area contributed by atoms with Crippen molar-refractivity contribution >= 4 is 23.2 Å². The Morgan fingerprint density at radius 2 is 2.00 bits per heavy atom. The van der Waals surface area contributed by atoms with E-state index in [1.807, 2.05) is 0 Å². The van der Waals surface area contributed by atoms with Crippen LogP contribution < -0.4 is 10.5 Å². The normalized spacial score (nSPS) is 20.4. The first kappa shape index (κ1) is 8.17. The van der Waals surface area contributed by atoms with Gasteiger partial charge in [-0.25, -0.2) is 0 Å². The Hall–Kier alpha value is -0.440. The number of hydrogen-bond acceptors (Lipinski definition) is 2. The summed E-state index contributed by atoms with van der Waals surface area (Å²) in [6.07, 6.45) is 0. The first-order valence-corrected chi connectivity index (χ1v) is 4.32. The molecule has 0 bridgehead atoms. The van der Waals surface area contributed by atoms with Crippen LogP contribution in [0.1, 0.15) is 11.6 Å². The third-order valence-corrected chi connectivity index (χ3v) is 2.50. The number of halogens is 2. The number of fused-ring (bicyclic) bond motifs is 1. The Bertz CT molecular complexity index is 327. The quantitative estimate of drug-likeness (QED) is 0.704. The molecule has 1 aliphatic rings. The summed E-state index contributed by atoms with van der Waals surface area (Å²) in [6.45, 7) is 0.457. The van der Waals surface area contributed by atoms with E-state index in [0.717, 1.165) is 5.56 Å². The van der Waals surface area contributed by atoms with E-state index in [0.29, 0.717) is 22.4 Å². The predicted molar refractivity (Wildman–Crippen MR) is 48.9 cm³/mol. The van der Waals surface area contributed by atoms with E-state index in [1.165, 1.54) is 0 Å². The van der Waals surface area contributed by atoms with Crippen molar-refractivity contribution in [2.45, 2.75) is 6.04 Å². The number of hydrogen-bond donors (Lipinski definition) is 1. The van der Waals surface area contributed by atoms with Gasteiger partial charge in [-0.15, -0.1) is 0 Å². The highest BCUT2D eigenvalue weighted by Crippen LogP contribution is 2.41. The van der Waals surface area contributed by atoms with Crippen molar-refractivity contribution < 1.29 is 4.74 Å². The molecule has 1 heterocycles. The van der Waals surface area contributed by atoms with Crippen molar-refractivity contribution in [3.05, 3.63) is 27.7 Å². The molecule has 0 aliphatic carbocycles. The zero-order chi connectivity index (χ0) is 8.72. The van der Waals surface area contributed by atoms with Crippen LogP contribution in [-0.2, 0) is 0 Å². The molecule has 0 saturated carbocycles. The summed E-state index contributed by atoms with van der Waals surface area (Å²) in [5.41, 5.74) is 6.57. The lowest BCUT2D eigenvalue weighted by Crippen LogP contribution is -2.11. The standard InChI is InChI=1S/C8H7Cl2NO/c9-4-1-2-5(10)8-7(4)6(11)3-12-8/h1-2,6H,3,11H2. The minimum Gasteiger partial charge on any atom is -0.490 e.